The number of pyridine rings is 3. The fraction of sp³-hybridized carbons (Fsp3) is 0.241. The van der Waals surface area contributed by atoms with Gasteiger partial charge in [0.15, 0.2) is 0 Å². The van der Waals surface area contributed by atoms with Gasteiger partial charge in [0.1, 0.15) is 15.0 Å². The first kappa shape index (κ1) is 36.4. The number of aromatic hydroxyl groups is 1. The molecule has 0 saturated heterocycles. The van der Waals surface area contributed by atoms with Gasteiger partial charge in [-0.2, -0.15) is 21.6 Å². The van der Waals surface area contributed by atoms with E-state index >= 15 is 0 Å². The Morgan fingerprint density at radius 1 is 0.848 bits per heavy atom. The van der Waals surface area contributed by atoms with E-state index < -0.39 is 21.5 Å². The summed E-state index contributed by atoms with van der Waals surface area (Å²) >= 11 is 7.28. The maximum Gasteiger partial charge on any atom is 0.534 e. The fourth-order valence-corrected chi connectivity index (χ4v) is 5.87. The number of halogens is 3. The summed E-state index contributed by atoms with van der Waals surface area (Å²) in [5.74, 6) is -0.348. The van der Waals surface area contributed by atoms with Crippen LogP contribution in [0.4, 0.5) is 13.2 Å². The Bertz CT molecular complexity index is 1820. The molecule has 0 saturated carbocycles. The topological polar surface area (TPSA) is 154 Å². The van der Waals surface area contributed by atoms with Crippen molar-refractivity contribution < 1.29 is 30.9 Å². The third-order valence-electron chi connectivity index (χ3n) is 5.54. The van der Waals surface area contributed by atoms with Gasteiger partial charge in [-0.1, -0.05) is 39.9 Å². The lowest BCUT2D eigenvalue weighted by atomic mass is 10.2. The van der Waals surface area contributed by atoms with E-state index in [1.807, 2.05) is 32.0 Å². The Balaban J connectivity index is 0.000000206. The molecule has 0 amide bonds. The van der Waals surface area contributed by atoms with Gasteiger partial charge in [0.05, 0.1) is 9.75 Å². The maximum absolute atomic E-state index is 12.4. The van der Waals surface area contributed by atoms with E-state index in [9.17, 15) is 26.7 Å². The van der Waals surface area contributed by atoms with Crippen molar-refractivity contribution in [1.29, 1.82) is 0 Å². The van der Waals surface area contributed by atoms with Gasteiger partial charge in [-0.15, -0.1) is 22.7 Å². The first-order valence-electron chi connectivity index (χ1n) is 13.3. The van der Waals surface area contributed by atoms with Gasteiger partial charge in [-0.05, 0) is 48.2 Å². The summed E-state index contributed by atoms with van der Waals surface area (Å²) in [5.41, 5.74) is 2.13. The zero-order valence-electron chi connectivity index (χ0n) is 24.8. The van der Waals surface area contributed by atoms with Gasteiger partial charge in [0.2, 0.25) is 11.8 Å². The second-order valence-electron chi connectivity index (χ2n) is 9.78. The monoisotopic (exact) mass is 710 g/mol. The lowest BCUT2D eigenvalue weighted by molar-refractivity contribution is -0.0501. The molecular formula is C29H29F3N6O4S4. The Morgan fingerprint density at radius 2 is 1.33 bits per heavy atom. The molecule has 0 aromatic carbocycles. The number of nitrogens with zero attached hydrogens (tertiary/aromatic N) is 5. The smallest absolute Gasteiger partial charge is 0.492 e. The summed E-state index contributed by atoms with van der Waals surface area (Å²) in [6.07, 6.45) is 9.81. The standard InChI is InChI=1S/C12H11F3N2O3S2.C11H12N2OS.C6H6N2S/c1-7(2)9-10(20-22(18,19)12(13,14)15)17-11(21-9)8-4-3-5-16-6-8;1-7(2)9-10(14)13-11(15-9)8-4-3-5-12-6-8;7-6(9)5-2-1-3-8-4-5/h3-7H,1-2H3;3-7,14H,1-2H3;1-4H,(H2,7,9). The van der Waals surface area contributed by atoms with E-state index in [0.717, 1.165) is 32.3 Å². The molecule has 46 heavy (non-hydrogen) atoms. The highest BCUT2D eigenvalue weighted by atomic mass is 32.2. The second-order valence-corrected chi connectivity index (χ2v) is 13.8. The van der Waals surface area contributed by atoms with E-state index in [0.29, 0.717) is 26.4 Å². The largest absolute Gasteiger partial charge is 0.534 e. The molecule has 244 valence electrons. The van der Waals surface area contributed by atoms with E-state index in [4.69, 9.17) is 18.0 Å². The predicted octanol–water partition coefficient (Wildman–Crippen LogP) is 7.31. The molecule has 5 heterocycles. The average molecular weight is 711 g/mol. The van der Waals surface area contributed by atoms with Crippen molar-refractivity contribution in [2.24, 2.45) is 5.73 Å². The Kier molecular flexibility index (Phi) is 12.6. The normalized spacial score (nSPS) is 11.3. The van der Waals surface area contributed by atoms with Crippen LogP contribution < -0.4 is 9.92 Å². The van der Waals surface area contributed by atoms with Crippen LogP contribution in [0.25, 0.3) is 21.1 Å². The van der Waals surface area contributed by atoms with Crippen LogP contribution in [0.2, 0.25) is 0 Å². The number of alkyl halides is 3. The van der Waals surface area contributed by atoms with Crippen molar-refractivity contribution in [2.45, 2.75) is 45.0 Å². The third kappa shape index (κ3) is 9.97. The van der Waals surface area contributed by atoms with Gasteiger partial charge in [0.25, 0.3) is 0 Å². The molecule has 0 aliphatic rings. The van der Waals surface area contributed by atoms with Crippen LogP contribution in [0.15, 0.2) is 73.6 Å². The summed E-state index contributed by atoms with van der Waals surface area (Å²) in [6.45, 7) is 7.49. The summed E-state index contributed by atoms with van der Waals surface area (Å²) in [6, 6.07) is 10.7. The van der Waals surface area contributed by atoms with Crippen LogP contribution in [0, 0.1) is 0 Å². The molecule has 5 aromatic heterocycles. The van der Waals surface area contributed by atoms with Crippen molar-refractivity contribution in [3.05, 3.63) is 88.9 Å². The minimum Gasteiger partial charge on any atom is -0.492 e. The summed E-state index contributed by atoms with van der Waals surface area (Å²) < 4.78 is 63.8. The average Bonchev–Trinajstić information content (AvgIpc) is 3.62. The summed E-state index contributed by atoms with van der Waals surface area (Å²) in [4.78, 5) is 21.4. The third-order valence-corrected chi connectivity index (χ3v) is 9.50. The summed E-state index contributed by atoms with van der Waals surface area (Å²) in [7, 11) is -5.75. The molecule has 5 aromatic rings. The van der Waals surface area contributed by atoms with Gasteiger partial charge >= 0.3 is 15.6 Å². The molecule has 0 radical (unpaired) electrons. The maximum atomic E-state index is 12.4. The van der Waals surface area contributed by atoms with Gasteiger partial charge in [0, 0.05) is 53.9 Å². The van der Waals surface area contributed by atoms with Crippen LogP contribution >= 0.6 is 34.9 Å². The molecule has 0 atom stereocenters. The van der Waals surface area contributed by atoms with E-state index in [1.54, 1.807) is 56.8 Å². The molecule has 0 aliphatic carbocycles. The minimum absolute atomic E-state index is 0.147. The number of thiazole rings is 2. The zero-order valence-corrected chi connectivity index (χ0v) is 28.1. The number of hydrogen-bond acceptors (Lipinski definition) is 12. The van der Waals surface area contributed by atoms with Crippen LogP contribution in [-0.4, -0.2) is 48.9 Å². The molecule has 0 unspecified atom stereocenters. The zero-order chi connectivity index (χ0) is 34.1. The Morgan fingerprint density at radius 3 is 1.70 bits per heavy atom. The number of rotatable bonds is 7. The molecule has 5 rings (SSSR count). The second kappa shape index (κ2) is 16.0. The van der Waals surface area contributed by atoms with Crippen molar-refractivity contribution in [2.75, 3.05) is 0 Å². The fourth-order valence-electron chi connectivity index (χ4n) is 3.33. The van der Waals surface area contributed by atoms with E-state index in [2.05, 4.69) is 29.1 Å². The SMILES string of the molecule is CC(C)c1sc(-c2cccnc2)nc1O.CC(C)c1sc(-c2cccnc2)nc1OS(=O)(=O)C(F)(F)F.NC(=S)c1cccnc1. The summed E-state index contributed by atoms with van der Waals surface area (Å²) in [5, 5.41) is 10.8. The lowest BCUT2D eigenvalue weighted by Crippen LogP contribution is -2.28. The van der Waals surface area contributed by atoms with Crippen molar-refractivity contribution in [3.8, 4) is 32.9 Å². The number of aromatic nitrogens is 5. The van der Waals surface area contributed by atoms with Crippen LogP contribution in [0.1, 0.15) is 54.8 Å². The van der Waals surface area contributed by atoms with Crippen molar-refractivity contribution in [3.63, 3.8) is 0 Å². The minimum atomic E-state index is -5.75. The van der Waals surface area contributed by atoms with Crippen LogP contribution in [0.3, 0.4) is 0 Å². The molecule has 0 bridgehead atoms. The highest BCUT2D eigenvalue weighted by Gasteiger charge is 2.49. The van der Waals surface area contributed by atoms with Crippen LogP contribution in [-0.2, 0) is 10.1 Å². The molecule has 3 N–H and O–H groups in total. The number of hydrogen-bond donors (Lipinski definition) is 2. The number of nitrogens with two attached hydrogens (primary N) is 1. The van der Waals surface area contributed by atoms with E-state index in [1.165, 1.54) is 23.7 Å². The lowest BCUT2D eigenvalue weighted by Gasteiger charge is -2.09. The highest BCUT2D eigenvalue weighted by Crippen LogP contribution is 2.39. The van der Waals surface area contributed by atoms with Gasteiger partial charge < -0.3 is 15.0 Å². The molecule has 10 nitrogen and oxygen atoms in total. The predicted molar refractivity (Wildman–Crippen MR) is 176 cm³/mol. The highest BCUT2D eigenvalue weighted by molar-refractivity contribution is 7.88. The quantitative estimate of drug-likeness (QED) is 0.0993. The van der Waals surface area contributed by atoms with Crippen molar-refractivity contribution in [1.82, 2.24) is 24.9 Å². The van der Waals surface area contributed by atoms with Crippen LogP contribution in [0.5, 0.6) is 11.8 Å². The molecule has 0 fully saturated rings. The first-order chi connectivity index (χ1) is 21.6. The molecule has 0 aliphatic heterocycles. The molecular weight excluding hydrogens is 682 g/mol. The Labute approximate surface area is 277 Å². The molecule has 17 heteroatoms. The number of thiocarbonyl (C=S) groups is 1. The van der Waals surface area contributed by atoms with Gasteiger partial charge in [-0.3, -0.25) is 15.0 Å². The van der Waals surface area contributed by atoms with Crippen molar-refractivity contribution >= 4 is 50.0 Å². The van der Waals surface area contributed by atoms with E-state index in [-0.39, 0.29) is 11.8 Å². The molecule has 0 spiro atoms. The first-order valence-corrected chi connectivity index (χ1v) is 16.8. The van der Waals surface area contributed by atoms with Gasteiger partial charge in [-0.25, -0.2) is 9.97 Å². The Hall–Kier alpha value is -4.06.